The van der Waals surface area contributed by atoms with Crippen LogP contribution in [0.15, 0.2) is 48.7 Å². The van der Waals surface area contributed by atoms with Crippen molar-refractivity contribution < 1.29 is 39.2 Å². The van der Waals surface area contributed by atoms with Gasteiger partial charge in [-0.3, -0.25) is 14.6 Å². The lowest BCUT2D eigenvalue weighted by molar-refractivity contribution is -0.120. The Hall–Kier alpha value is -4.40. The van der Waals surface area contributed by atoms with Gasteiger partial charge in [0, 0.05) is 23.6 Å². The molecule has 9 nitrogen and oxygen atoms in total. The van der Waals surface area contributed by atoms with Crippen molar-refractivity contribution in [2.45, 2.75) is 25.2 Å². The van der Waals surface area contributed by atoms with Crippen LogP contribution >= 0.6 is 0 Å². The summed E-state index contributed by atoms with van der Waals surface area (Å²) in [6.45, 7) is -0.182. The molecule has 0 amide bonds. The van der Waals surface area contributed by atoms with Crippen molar-refractivity contribution in [3.63, 3.8) is 0 Å². The van der Waals surface area contributed by atoms with Crippen LogP contribution < -0.4 is 9.47 Å². The van der Waals surface area contributed by atoms with E-state index in [4.69, 9.17) is 14.6 Å². The summed E-state index contributed by atoms with van der Waals surface area (Å²) >= 11 is 0. The number of nitrogens with zero attached hydrogens (tertiary/aromatic N) is 1. The first kappa shape index (κ1) is 25.2. The first-order valence-electron chi connectivity index (χ1n) is 10.8. The largest absolute Gasteiger partial charge is 0.506 e. The minimum Gasteiger partial charge on any atom is -0.506 e. The number of phenols is 2. The van der Waals surface area contributed by atoms with E-state index in [9.17, 15) is 24.6 Å². The molecule has 2 aromatic carbocycles. The number of rotatable bonds is 8. The fourth-order valence-corrected chi connectivity index (χ4v) is 3.61. The smallest absolute Gasteiger partial charge is 0.174 e. The lowest BCUT2D eigenvalue weighted by Gasteiger charge is -2.10. The first-order chi connectivity index (χ1) is 16.8. The van der Waals surface area contributed by atoms with Crippen LogP contribution in [0, 0.1) is 0 Å². The number of aromatic hydroxyl groups is 3. The maximum atomic E-state index is 11.9. The Morgan fingerprint density at radius 1 is 1.06 bits per heavy atom. The van der Waals surface area contributed by atoms with Gasteiger partial charge in [-0.05, 0) is 60.4 Å². The van der Waals surface area contributed by atoms with E-state index >= 15 is 0 Å². The molecule has 1 aliphatic carbocycles. The van der Waals surface area contributed by atoms with Crippen LogP contribution in [0.1, 0.15) is 39.5 Å². The van der Waals surface area contributed by atoms with Gasteiger partial charge in [0.1, 0.15) is 24.9 Å². The van der Waals surface area contributed by atoms with Crippen LogP contribution in [0.4, 0.5) is 0 Å². The average molecular weight is 479 g/mol. The van der Waals surface area contributed by atoms with E-state index in [0.717, 1.165) is 30.4 Å². The Balaban J connectivity index is 0.000000237. The average Bonchev–Trinajstić information content (AvgIpc) is 3.27. The van der Waals surface area contributed by atoms with E-state index in [1.165, 1.54) is 31.5 Å². The third kappa shape index (κ3) is 6.57. The quantitative estimate of drug-likeness (QED) is 0.328. The maximum Gasteiger partial charge on any atom is 0.174 e. The second-order valence-corrected chi connectivity index (χ2v) is 7.87. The number of aryl methyl sites for hydroxylation is 1. The number of hydrogen-bond donors (Lipinski definition) is 3. The van der Waals surface area contributed by atoms with Crippen LogP contribution in [0.3, 0.4) is 0 Å². The molecular weight excluding hydrogens is 454 g/mol. The Morgan fingerprint density at radius 3 is 2.54 bits per heavy atom. The third-order valence-electron chi connectivity index (χ3n) is 5.40. The first-order valence-corrected chi connectivity index (χ1v) is 10.8. The molecular formula is C26H25NO8. The summed E-state index contributed by atoms with van der Waals surface area (Å²) in [6, 6.07) is 10.5. The molecule has 0 spiro atoms. The van der Waals surface area contributed by atoms with E-state index in [0.29, 0.717) is 28.9 Å². The number of carbonyl (C=O) groups excluding carboxylic acids is 3. The number of methoxy groups -OCH3 is 1. The van der Waals surface area contributed by atoms with Gasteiger partial charge >= 0.3 is 0 Å². The van der Waals surface area contributed by atoms with Gasteiger partial charge in [-0.15, -0.1) is 0 Å². The van der Waals surface area contributed by atoms with Crippen molar-refractivity contribution in [1.82, 2.24) is 4.98 Å². The number of hydrogen-bond acceptors (Lipinski definition) is 9. The van der Waals surface area contributed by atoms with Crippen molar-refractivity contribution in [3.8, 4) is 28.7 Å². The minimum absolute atomic E-state index is 0.0559. The normalized spacial score (nSPS) is 13.7. The molecule has 1 unspecified atom stereocenters. The third-order valence-corrected chi connectivity index (χ3v) is 5.40. The summed E-state index contributed by atoms with van der Waals surface area (Å²) in [5, 5.41) is 27.8. The zero-order valence-corrected chi connectivity index (χ0v) is 19.0. The van der Waals surface area contributed by atoms with Gasteiger partial charge in [0.15, 0.2) is 28.8 Å². The summed E-state index contributed by atoms with van der Waals surface area (Å²) in [5.74, 6) is 0.0863. The molecule has 0 aliphatic heterocycles. The molecule has 0 bridgehead atoms. The molecule has 3 aromatic rings. The minimum atomic E-state index is -0.276. The summed E-state index contributed by atoms with van der Waals surface area (Å²) < 4.78 is 10.5. The molecule has 0 fully saturated rings. The van der Waals surface area contributed by atoms with E-state index in [2.05, 4.69) is 4.98 Å². The molecule has 182 valence electrons. The number of aromatic nitrogens is 1. The second-order valence-electron chi connectivity index (χ2n) is 7.87. The summed E-state index contributed by atoms with van der Waals surface area (Å²) in [5.41, 5.74) is 2.85. The standard InChI is InChI=1S/C17H16O6.C9H9NO2/c1-22-17-8-12(9-18)3-5-16(17)23-10-13(19)6-11-2-4-14(20)15(21)7-11;11-5-6-1-2-9-8(6)3-7(12)4-10-9/h2-5,7-9,20-21H,6,10H2,1H3;3-6,12H,1-2H2. The Morgan fingerprint density at radius 2 is 1.86 bits per heavy atom. The van der Waals surface area contributed by atoms with Crippen molar-refractivity contribution >= 4 is 18.4 Å². The van der Waals surface area contributed by atoms with Crippen LogP contribution in [-0.4, -0.2) is 52.4 Å². The fraction of sp³-hybridized carbons (Fsp3) is 0.231. The maximum absolute atomic E-state index is 11.9. The molecule has 35 heavy (non-hydrogen) atoms. The molecule has 1 aliphatic rings. The molecule has 3 N–H and O–H groups in total. The van der Waals surface area contributed by atoms with E-state index in [1.807, 2.05) is 0 Å². The number of carbonyl (C=O) groups is 3. The molecule has 1 heterocycles. The lowest BCUT2D eigenvalue weighted by Crippen LogP contribution is -2.14. The number of Topliss-reactive ketones (excluding diaryl/α,β-unsaturated/α-hetero) is 1. The SMILES string of the molecule is COc1cc(C=O)ccc1OCC(=O)Cc1ccc(O)c(O)c1.O=CC1CCc2ncc(O)cc21. The number of ketones is 1. The van der Waals surface area contributed by atoms with Crippen molar-refractivity contribution in [2.75, 3.05) is 13.7 Å². The van der Waals surface area contributed by atoms with Gasteiger partial charge in [-0.25, -0.2) is 0 Å². The van der Waals surface area contributed by atoms with Crippen LogP contribution in [0.2, 0.25) is 0 Å². The highest BCUT2D eigenvalue weighted by molar-refractivity contribution is 5.82. The summed E-state index contributed by atoms with van der Waals surface area (Å²) in [6.07, 6.45) is 4.77. The van der Waals surface area contributed by atoms with Gasteiger partial charge in [0.2, 0.25) is 0 Å². The van der Waals surface area contributed by atoms with Crippen molar-refractivity contribution in [3.05, 3.63) is 71.0 Å². The van der Waals surface area contributed by atoms with Crippen molar-refractivity contribution in [2.24, 2.45) is 0 Å². The monoisotopic (exact) mass is 479 g/mol. The van der Waals surface area contributed by atoms with E-state index in [-0.39, 0.29) is 42.0 Å². The highest BCUT2D eigenvalue weighted by Gasteiger charge is 2.23. The topological polar surface area (TPSA) is 143 Å². The number of aldehydes is 2. The molecule has 0 saturated heterocycles. The Bertz CT molecular complexity index is 1220. The molecule has 1 atom stereocenters. The molecule has 0 radical (unpaired) electrons. The molecule has 9 heteroatoms. The number of benzene rings is 2. The van der Waals surface area contributed by atoms with Gasteiger partial charge < -0.3 is 29.6 Å². The highest BCUT2D eigenvalue weighted by atomic mass is 16.5. The van der Waals surface area contributed by atoms with Gasteiger partial charge in [-0.1, -0.05) is 6.07 Å². The number of fused-ring (bicyclic) bond motifs is 1. The number of phenolic OH excluding ortho intramolecular Hbond substituents is 2. The Labute approximate surface area is 201 Å². The van der Waals surface area contributed by atoms with Crippen LogP contribution in [0.25, 0.3) is 0 Å². The van der Waals surface area contributed by atoms with Crippen LogP contribution in [0.5, 0.6) is 28.7 Å². The van der Waals surface area contributed by atoms with Gasteiger partial charge in [0.05, 0.1) is 13.3 Å². The fourth-order valence-electron chi connectivity index (χ4n) is 3.61. The molecule has 1 aromatic heterocycles. The predicted molar refractivity (Wildman–Crippen MR) is 125 cm³/mol. The highest BCUT2D eigenvalue weighted by Crippen LogP contribution is 2.32. The second kappa shape index (κ2) is 11.6. The summed E-state index contributed by atoms with van der Waals surface area (Å²) in [4.78, 5) is 37.3. The summed E-state index contributed by atoms with van der Waals surface area (Å²) in [7, 11) is 1.44. The Kier molecular flexibility index (Phi) is 8.39. The van der Waals surface area contributed by atoms with E-state index < -0.39 is 0 Å². The van der Waals surface area contributed by atoms with Crippen LogP contribution in [-0.2, 0) is 22.4 Å². The lowest BCUT2D eigenvalue weighted by atomic mass is 10.1. The predicted octanol–water partition coefficient (Wildman–Crippen LogP) is 3.13. The zero-order valence-electron chi connectivity index (χ0n) is 19.0. The number of ether oxygens (including phenoxy) is 2. The number of pyridine rings is 1. The van der Waals surface area contributed by atoms with Gasteiger partial charge in [-0.2, -0.15) is 0 Å². The molecule has 0 saturated carbocycles. The molecule has 4 rings (SSSR count). The van der Waals surface area contributed by atoms with E-state index in [1.54, 1.807) is 24.3 Å². The van der Waals surface area contributed by atoms with Gasteiger partial charge in [0.25, 0.3) is 0 Å². The zero-order chi connectivity index (χ0) is 25.4. The van der Waals surface area contributed by atoms with Crippen molar-refractivity contribution in [1.29, 1.82) is 0 Å².